The zero-order chi connectivity index (χ0) is 13.9. The van der Waals surface area contributed by atoms with E-state index in [2.05, 4.69) is 35.3 Å². The van der Waals surface area contributed by atoms with E-state index in [-0.39, 0.29) is 0 Å². The Morgan fingerprint density at radius 3 is 2.65 bits per heavy atom. The van der Waals surface area contributed by atoms with Gasteiger partial charge < -0.3 is 15.0 Å². The van der Waals surface area contributed by atoms with Gasteiger partial charge in [-0.15, -0.1) is 0 Å². The van der Waals surface area contributed by atoms with Crippen molar-refractivity contribution in [3.63, 3.8) is 0 Å². The van der Waals surface area contributed by atoms with Crippen molar-refractivity contribution in [2.45, 2.75) is 51.2 Å². The van der Waals surface area contributed by atoms with Crippen LogP contribution in [0.15, 0.2) is 18.2 Å². The van der Waals surface area contributed by atoms with Gasteiger partial charge in [0.05, 0.1) is 6.61 Å². The Hall–Kier alpha value is -1.06. The third-order valence-corrected chi connectivity index (χ3v) is 4.27. The topological polar surface area (TPSA) is 24.5 Å². The van der Waals surface area contributed by atoms with Crippen LogP contribution in [-0.2, 0) is 11.3 Å². The number of rotatable bonds is 8. The monoisotopic (exact) mass is 274 g/mol. The lowest BCUT2D eigenvalue weighted by Crippen LogP contribution is -2.30. The van der Waals surface area contributed by atoms with Crippen LogP contribution in [0, 0.1) is 6.92 Å². The largest absolute Gasteiger partial charge is 0.383 e. The molecule has 0 heterocycles. The average Bonchev–Trinajstić information content (AvgIpc) is 3.32. The minimum Gasteiger partial charge on any atom is -0.383 e. The fourth-order valence-corrected chi connectivity index (χ4v) is 2.77. The van der Waals surface area contributed by atoms with Crippen molar-refractivity contribution in [1.29, 1.82) is 0 Å². The lowest BCUT2D eigenvalue weighted by molar-refractivity contribution is 0.205. The second-order valence-electron chi connectivity index (χ2n) is 6.19. The molecule has 1 aromatic rings. The fourth-order valence-electron chi connectivity index (χ4n) is 2.77. The first-order valence-electron chi connectivity index (χ1n) is 7.86. The van der Waals surface area contributed by atoms with E-state index in [0.29, 0.717) is 0 Å². The van der Waals surface area contributed by atoms with Gasteiger partial charge >= 0.3 is 0 Å². The van der Waals surface area contributed by atoms with Crippen LogP contribution in [0.25, 0.3) is 0 Å². The molecule has 1 N–H and O–H groups in total. The Labute approximate surface area is 122 Å². The molecular weight excluding hydrogens is 248 g/mol. The van der Waals surface area contributed by atoms with Crippen molar-refractivity contribution in [2.24, 2.45) is 0 Å². The van der Waals surface area contributed by atoms with Gasteiger partial charge in [-0.05, 0) is 49.8 Å². The molecule has 1 aromatic carbocycles. The molecule has 0 unspecified atom stereocenters. The molecule has 3 rings (SSSR count). The molecule has 0 bridgehead atoms. The van der Waals surface area contributed by atoms with Gasteiger partial charge in [-0.3, -0.25) is 0 Å². The summed E-state index contributed by atoms with van der Waals surface area (Å²) in [4.78, 5) is 2.52. The minimum absolute atomic E-state index is 0.735. The SMILES string of the molecule is COCCN(c1ccc(CNC2CC2)cc1C)C1CC1. The molecule has 2 aliphatic rings. The molecule has 0 atom stereocenters. The Morgan fingerprint density at radius 2 is 2.05 bits per heavy atom. The molecule has 2 fully saturated rings. The fraction of sp³-hybridized carbons (Fsp3) is 0.647. The van der Waals surface area contributed by atoms with Gasteiger partial charge in [0.15, 0.2) is 0 Å². The maximum atomic E-state index is 5.26. The molecule has 0 aliphatic heterocycles. The third-order valence-electron chi connectivity index (χ3n) is 4.27. The number of aryl methyl sites for hydroxylation is 1. The quantitative estimate of drug-likeness (QED) is 0.789. The molecule has 3 nitrogen and oxygen atoms in total. The summed E-state index contributed by atoms with van der Waals surface area (Å²) in [6, 6.07) is 8.43. The predicted octanol–water partition coefficient (Wildman–Crippen LogP) is 2.86. The summed E-state index contributed by atoms with van der Waals surface area (Å²) in [6.45, 7) is 5.05. The predicted molar refractivity (Wildman–Crippen MR) is 83.3 cm³/mol. The first-order chi connectivity index (χ1) is 9.78. The number of ether oxygens (including phenoxy) is 1. The maximum absolute atomic E-state index is 5.26. The van der Waals surface area contributed by atoms with Crippen LogP contribution >= 0.6 is 0 Å². The van der Waals surface area contributed by atoms with Gasteiger partial charge in [0.1, 0.15) is 0 Å². The van der Waals surface area contributed by atoms with E-state index in [1.165, 1.54) is 42.5 Å². The van der Waals surface area contributed by atoms with E-state index >= 15 is 0 Å². The second-order valence-corrected chi connectivity index (χ2v) is 6.19. The normalized spacial score (nSPS) is 18.3. The highest BCUT2D eigenvalue weighted by molar-refractivity contribution is 5.56. The molecule has 0 radical (unpaired) electrons. The summed E-state index contributed by atoms with van der Waals surface area (Å²) in [5.74, 6) is 0. The standard InChI is InChI=1S/C17H26N2O/c1-13-11-14(12-18-15-4-5-15)3-8-17(13)19(9-10-20-2)16-6-7-16/h3,8,11,15-16,18H,4-7,9-10,12H2,1-2H3. The Balaban J connectivity index is 1.67. The van der Waals surface area contributed by atoms with E-state index in [1.807, 2.05) is 0 Å². The van der Waals surface area contributed by atoms with E-state index in [0.717, 1.165) is 31.8 Å². The highest BCUT2D eigenvalue weighted by Crippen LogP contribution is 2.33. The van der Waals surface area contributed by atoms with Crippen LogP contribution in [-0.4, -0.2) is 32.3 Å². The number of anilines is 1. The Bertz CT molecular complexity index is 452. The van der Waals surface area contributed by atoms with Crippen molar-refractivity contribution >= 4 is 5.69 Å². The van der Waals surface area contributed by atoms with Crippen LogP contribution < -0.4 is 10.2 Å². The van der Waals surface area contributed by atoms with E-state index < -0.39 is 0 Å². The number of hydrogen-bond donors (Lipinski definition) is 1. The van der Waals surface area contributed by atoms with E-state index in [1.54, 1.807) is 7.11 Å². The first-order valence-corrected chi connectivity index (χ1v) is 7.86. The van der Waals surface area contributed by atoms with Crippen molar-refractivity contribution < 1.29 is 4.74 Å². The summed E-state index contributed by atoms with van der Waals surface area (Å²) in [5, 5.41) is 3.58. The molecule has 2 saturated carbocycles. The molecule has 0 saturated heterocycles. The Morgan fingerprint density at radius 1 is 1.25 bits per heavy atom. The summed E-state index contributed by atoms with van der Waals surface area (Å²) in [7, 11) is 1.78. The van der Waals surface area contributed by atoms with Crippen LogP contribution in [0.1, 0.15) is 36.8 Å². The lowest BCUT2D eigenvalue weighted by Gasteiger charge is -2.26. The number of benzene rings is 1. The van der Waals surface area contributed by atoms with Crippen molar-refractivity contribution in [1.82, 2.24) is 5.32 Å². The number of nitrogens with one attached hydrogen (secondary N) is 1. The zero-order valence-electron chi connectivity index (χ0n) is 12.7. The molecule has 20 heavy (non-hydrogen) atoms. The molecular formula is C17H26N2O. The maximum Gasteiger partial charge on any atom is 0.0637 e. The van der Waals surface area contributed by atoms with Crippen LogP contribution in [0.2, 0.25) is 0 Å². The van der Waals surface area contributed by atoms with Crippen molar-refractivity contribution in [3.05, 3.63) is 29.3 Å². The number of nitrogens with zero attached hydrogens (tertiary/aromatic N) is 1. The number of methoxy groups -OCH3 is 1. The third kappa shape index (κ3) is 3.53. The molecule has 2 aliphatic carbocycles. The molecule has 110 valence electrons. The zero-order valence-corrected chi connectivity index (χ0v) is 12.7. The number of hydrogen-bond acceptors (Lipinski definition) is 3. The Kier molecular flexibility index (Phi) is 4.27. The van der Waals surface area contributed by atoms with Gasteiger partial charge in [0.25, 0.3) is 0 Å². The van der Waals surface area contributed by atoms with E-state index in [4.69, 9.17) is 4.74 Å². The van der Waals surface area contributed by atoms with Gasteiger partial charge in [-0.1, -0.05) is 12.1 Å². The lowest BCUT2D eigenvalue weighted by atomic mass is 10.1. The van der Waals surface area contributed by atoms with Crippen LogP contribution in [0.4, 0.5) is 5.69 Å². The smallest absolute Gasteiger partial charge is 0.0637 e. The van der Waals surface area contributed by atoms with Gasteiger partial charge in [-0.25, -0.2) is 0 Å². The van der Waals surface area contributed by atoms with Gasteiger partial charge in [-0.2, -0.15) is 0 Å². The van der Waals surface area contributed by atoms with Crippen LogP contribution in [0.5, 0.6) is 0 Å². The summed E-state index contributed by atoms with van der Waals surface area (Å²) in [5.41, 5.74) is 4.18. The second kappa shape index (κ2) is 6.15. The van der Waals surface area contributed by atoms with Gasteiger partial charge in [0, 0.05) is 38.0 Å². The summed E-state index contributed by atoms with van der Waals surface area (Å²) >= 11 is 0. The molecule has 0 aromatic heterocycles. The molecule has 0 amide bonds. The first kappa shape index (κ1) is 13.9. The molecule has 3 heteroatoms. The van der Waals surface area contributed by atoms with E-state index in [9.17, 15) is 0 Å². The van der Waals surface area contributed by atoms with Crippen molar-refractivity contribution in [3.8, 4) is 0 Å². The van der Waals surface area contributed by atoms with Crippen LogP contribution in [0.3, 0.4) is 0 Å². The summed E-state index contributed by atoms with van der Waals surface area (Å²) < 4.78 is 5.26. The highest BCUT2D eigenvalue weighted by Gasteiger charge is 2.29. The minimum atomic E-state index is 0.735. The summed E-state index contributed by atoms with van der Waals surface area (Å²) in [6.07, 6.45) is 5.36. The molecule has 0 spiro atoms. The van der Waals surface area contributed by atoms with Crippen molar-refractivity contribution in [2.75, 3.05) is 25.2 Å². The highest BCUT2D eigenvalue weighted by atomic mass is 16.5. The average molecular weight is 274 g/mol. The van der Waals surface area contributed by atoms with Gasteiger partial charge in [0.2, 0.25) is 0 Å².